The first kappa shape index (κ1) is 15.6. The van der Waals surface area contributed by atoms with Crippen molar-refractivity contribution < 1.29 is 19.1 Å². The Labute approximate surface area is 117 Å². The summed E-state index contributed by atoms with van der Waals surface area (Å²) in [5, 5.41) is 2.69. The van der Waals surface area contributed by atoms with Crippen LogP contribution in [-0.4, -0.2) is 31.3 Å². The van der Waals surface area contributed by atoms with Gasteiger partial charge in [-0.05, 0) is 19.4 Å². The number of carbonyl (C=O) groups is 3. The maximum atomic E-state index is 11.9. The number of hydrogen-bond donors (Lipinski definition) is 1. The van der Waals surface area contributed by atoms with E-state index < -0.39 is 5.97 Å². The molecule has 106 valence electrons. The van der Waals surface area contributed by atoms with E-state index in [0.717, 1.165) is 0 Å². The molecule has 5 heteroatoms. The predicted molar refractivity (Wildman–Crippen MR) is 74.6 cm³/mol. The van der Waals surface area contributed by atoms with E-state index in [1.807, 2.05) is 0 Å². The molecule has 0 aromatic heterocycles. The minimum Gasteiger partial charge on any atom is -0.466 e. The van der Waals surface area contributed by atoms with Gasteiger partial charge in [-0.15, -0.1) is 0 Å². The van der Waals surface area contributed by atoms with E-state index in [0.29, 0.717) is 24.1 Å². The molecule has 1 aromatic rings. The largest absolute Gasteiger partial charge is 0.466 e. The number of methoxy groups -OCH3 is 1. The summed E-state index contributed by atoms with van der Waals surface area (Å²) in [6, 6.07) is 6.65. The average Bonchev–Trinajstić information content (AvgIpc) is 2.46. The Morgan fingerprint density at radius 3 is 2.45 bits per heavy atom. The highest BCUT2D eigenvalue weighted by molar-refractivity contribution is 6.07. The van der Waals surface area contributed by atoms with Crippen molar-refractivity contribution in [3.8, 4) is 0 Å². The van der Waals surface area contributed by atoms with Gasteiger partial charge < -0.3 is 10.1 Å². The highest BCUT2D eigenvalue weighted by Gasteiger charge is 2.12. The fourth-order valence-corrected chi connectivity index (χ4v) is 1.60. The second kappa shape index (κ2) is 7.89. The summed E-state index contributed by atoms with van der Waals surface area (Å²) < 4.78 is 4.44. The van der Waals surface area contributed by atoms with Crippen molar-refractivity contribution in [2.75, 3.05) is 13.7 Å². The first-order valence-electron chi connectivity index (χ1n) is 6.19. The molecule has 0 aliphatic heterocycles. The lowest BCUT2D eigenvalue weighted by Crippen LogP contribution is -2.25. The number of ketones is 1. The van der Waals surface area contributed by atoms with Crippen molar-refractivity contribution >= 4 is 17.7 Å². The average molecular weight is 275 g/mol. The number of rotatable bonds is 6. The minimum atomic E-state index is -0.432. The van der Waals surface area contributed by atoms with Crippen molar-refractivity contribution in [1.82, 2.24) is 5.32 Å². The van der Waals surface area contributed by atoms with Gasteiger partial charge in [-0.2, -0.15) is 0 Å². The van der Waals surface area contributed by atoms with Crippen LogP contribution in [0.1, 0.15) is 34.1 Å². The first-order chi connectivity index (χ1) is 9.56. The highest BCUT2D eigenvalue weighted by Crippen LogP contribution is 2.09. The van der Waals surface area contributed by atoms with Crippen LogP contribution in [0.2, 0.25) is 0 Å². The molecule has 0 heterocycles. The molecule has 0 saturated heterocycles. The zero-order valence-electron chi connectivity index (χ0n) is 11.5. The number of carbonyl (C=O) groups excluding carboxylic acids is 3. The highest BCUT2D eigenvalue weighted by atomic mass is 16.5. The molecule has 0 radical (unpaired) electrons. The third-order valence-corrected chi connectivity index (χ3v) is 2.60. The van der Waals surface area contributed by atoms with Gasteiger partial charge in [0.05, 0.1) is 12.7 Å². The van der Waals surface area contributed by atoms with E-state index in [2.05, 4.69) is 10.1 Å². The minimum absolute atomic E-state index is 0.152. The van der Waals surface area contributed by atoms with Crippen molar-refractivity contribution in [1.29, 1.82) is 0 Å². The van der Waals surface area contributed by atoms with Gasteiger partial charge in [-0.25, -0.2) is 4.79 Å². The molecular formula is C15H17NO4. The number of ether oxygens (including phenoxy) is 1. The van der Waals surface area contributed by atoms with E-state index in [1.54, 1.807) is 30.3 Å². The molecule has 1 aromatic carbocycles. The lowest BCUT2D eigenvalue weighted by Gasteiger charge is -2.07. The number of nitrogens with one attached hydrogen (secondary N) is 1. The summed E-state index contributed by atoms with van der Waals surface area (Å²) in [6.07, 6.45) is 3.42. The second-order valence-corrected chi connectivity index (χ2v) is 4.07. The van der Waals surface area contributed by atoms with Crippen molar-refractivity contribution in [2.45, 2.75) is 13.3 Å². The molecule has 1 N–H and O–H groups in total. The van der Waals surface area contributed by atoms with Gasteiger partial charge in [0.1, 0.15) is 0 Å². The molecule has 5 nitrogen and oxygen atoms in total. The van der Waals surface area contributed by atoms with Crippen LogP contribution in [0.25, 0.3) is 0 Å². The lowest BCUT2D eigenvalue weighted by atomic mass is 10.0. The fraction of sp³-hybridized carbons (Fsp3) is 0.267. The molecule has 0 atom stereocenters. The van der Waals surface area contributed by atoms with Crippen molar-refractivity contribution in [2.24, 2.45) is 0 Å². The number of benzene rings is 1. The first-order valence-corrected chi connectivity index (χ1v) is 6.19. The molecule has 0 saturated carbocycles. The molecule has 0 aliphatic rings. The predicted octanol–water partition coefficient (Wildman–Crippen LogP) is 1.74. The van der Waals surface area contributed by atoms with E-state index in [9.17, 15) is 14.4 Å². The Morgan fingerprint density at radius 1 is 1.20 bits per heavy atom. The van der Waals surface area contributed by atoms with Crippen LogP contribution in [0.4, 0.5) is 0 Å². The number of Topliss-reactive ketones (excluding diaryl/α,β-unsaturated/α-hetero) is 1. The SMILES string of the molecule is COC(=O)/C=C/CCNC(=O)c1ccccc1C(C)=O. The second-order valence-electron chi connectivity index (χ2n) is 4.07. The molecule has 1 rings (SSSR count). The van der Waals surface area contributed by atoms with Crippen molar-refractivity contribution in [3.63, 3.8) is 0 Å². The van der Waals surface area contributed by atoms with Crippen molar-refractivity contribution in [3.05, 3.63) is 47.5 Å². The van der Waals surface area contributed by atoms with Crippen LogP contribution in [0.3, 0.4) is 0 Å². The molecule has 0 unspecified atom stereocenters. The molecular weight excluding hydrogens is 258 g/mol. The fourth-order valence-electron chi connectivity index (χ4n) is 1.60. The normalized spacial score (nSPS) is 10.3. The molecule has 0 fully saturated rings. The lowest BCUT2D eigenvalue weighted by molar-refractivity contribution is -0.134. The van der Waals surface area contributed by atoms with Gasteiger partial charge >= 0.3 is 5.97 Å². The van der Waals surface area contributed by atoms with E-state index in [1.165, 1.54) is 20.1 Å². The number of esters is 1. The van der Waals surface area contributed by atoms with E-state index in [-0.39, 0.29) is 11.7 Å². The van der Waals surface area contributed by atoms with Gasteiger partial charge in [-0.1, -0.05) is 24.3 Å². The Balaban J connectivity index is 2.54. The Morgan fingerprint density at radius 2 is 1.85 bits per heavy atom. The zero-order chi connectivity index (χ0) is 15.0. The Bertz CT molecular complexity index is 534. The zero-order valence-corrected chi connectivity index (χ0v) is 11.5. The van der Waals surface area contributed by atoms with Crippen LogP contribution in [0.15, 0.2) is 36.4 Å². The molecule has 0 bridgehead atoms. The van der Waals surface area contributed by atoms with Crippen LogP contribution in [0.5, 0.6) is 0 Å². The summed E-state index contributed by atoms with van der Waals surface area (Å²) in [6.45, 7) is 1.80. The smallest absolute Gasteiger partial charge is 0.330 e. The Hall–Kier alpha value is -2.43. The van der Waals surface area contributed by atoms with Crippen LogP contribution in [-0.2, 0) is 9.53 Å². The number of amides is 1. The summed E-state index contributed by atoms with van der Waals surface area (Å²) in [5.41, 5.74) is 0.757. The standard InChI is InChI=1S/C15H17NO4/c1-11(17)12-7-3-4-8-13(12)15(19)16-10-6-5-9-14(18)20-2/h3-5,7-9H,6,10H2,1-2H3,(H,16,19)/b9-5+. The molecule has 0 aliphatic carbocycles. The summed E-state index contributed by atoms with van der Waals surface area (Å²) in [4.78, 5) is 34.2. The maximum Gasteiger partial charge on any atom is 0.330 e. The van der Waals surface area contributed by atoms with E-state index in [4.69, 9.17) is 0 Å². The van der Waals surface area contributed by atoms with Gasteiger partial charge in [0, 0.05) is 18.2 Å². The van der Waals surface area contributed by atoms with Crippen LogP contribution < -0.4 is 5.32 Å². The topological polar surface area (TPSA) is 72.5 Å². The summed E-state index contributed by atoms with van der Waals surface area (Å²) in [5.74, 6) is -0.887. The molecule has 20 heavy (non-hydrogen) atoms. The maximum absolute atomic E-state index is 11.9. The van der Waals surface area contributed by atoms with Crippen LogP contribution in [0, 0.1) is 0 Å². The Kier molecular flexibility index (Phi) is 6.16. The quantitative estimate of drug-likeness (QED) is 0.371. The molecule has 0 spiro atoms. The summed E-state index contributed by atoms with van der Waals surface area (Å²) >= 11 is 0. The number of hydrogen-bond acceptors (Lipinski definition) is 4. The van der Waals surface area contributed by atoms with Gasteiger partial charge in [-0.3, -0.25) is 9.59 Å². The molecule has 1 amide bonds. The van der Waals surface area contributed by atoms with Gasteiger partial charge in [0.15, 0.2) is 5.78 Å². The third kappa shape index (κ3) is 4.68. The van der Waals surface area contributed by atoms with Crippen LogP contribution >= 0.6 is 0 Å². The third-order valence-electron chi connectivity index (χ3n) is 2.60. The van der Waals surface area contributed by atoms with Gasteiger partial charge in [0.25, 0.3) is 5.91 Å². The summed E-state index contributed by atoms with van der Waals surface area (Å²) in [7, 11) is 1.30. The van der Waals surface area contributed by atoms with Gasteiger partial charge in [0.2, 0.25) is 0 Å². The van der Waals surface area contributed by atoms with E-state index >= 15 is 0 Å². The monoisotopic (exact) mass is 275 g/mol.